The third kappa shape index (κ3) is 5.22. The van der Waals surface area contributed by atoms with Gasteiger partial charge in [-0.25, -0.2) is 13.1 Å². The maximum Gasteiger partial charge on any atom is 0.216 e. The SMILES string of the molecule is CC(C)CC(CN(C)C)NS(=O)(=O)C1CCNC1. The molecule has 0 aromatic carbocycles. The van der Waals surface area contributed by atoms with Crippen molar-refractivity contribution in [2.75, 3.05) is 33.7 Å². The van der Waals surface area contributed by atoms with E-state index in [-0.39, 0.29) is 11.3 Å². The molecule has 2 atom stereocenters. The monoisotopic (exact) mass is 277 g/mol. The Balaban J connectivity index is 2.62. The van der Waals surface area contributed by atoms with Crippen LogP contribution in [0, 0.1) is 5.92 Å². The number of nitrogens with zero attached hydrogens (tertiary/aromatic N) is 1. The summed E-state index contributed by atoms with van der Waals surface area (Å²) in [6, 6.07) is 0.00519. The Morgan fingerprint density at radius 1 is 1.39 bits per heavy atom. The lowest BCUT2D eigenvalue weighted by atomic mass is 10.0. The second kappa shape index (κ2) is 6.84. The van der Waals surface area contributed by atoms with Gasteiger partial charge in [0.1, 0.15) is 0 Å². The van der Waals surface area contributed by atoms with E-state index in [9.17, 15) is 8.42 Å². The number of likely N-dealkylation sites (N-methyl/N-ethyl adjacent to an activating group) is 1. The predicted octanol–water partition coefficient (Wildman–Crippen LogP) is 0.244. The van der Waals surface area contributed by atoms with Gasteiger partial charge in [0.2, 0.25) is 10.0 Å². The lowest BCUT2D eigenvalue weighted by Crippen LogP contribution is -2.46. The molecule has 2 N–H and O–H groups in total. The van der Waals surface area contributed by atoms with Crippen molar-refractivity contribution in [1.29, 1.82) is 0 Å². The van der Waals surface area contributed by atoms with Crippen LogP contribution in [-0.2, 0) is 10.0 Å². The first kappa shape index (κ1) is 15.9. The van der Waals surface area contributed by atoms with Crippen molar-refractivity contribution in [2.24, 2.45) is 5.92 Å². The Morgan fingerprint density at radius 3 is 2.50 bits per heavy atom. The molecule has 1 heterocycles. The predicted molar refractivity (Wildman–Crippen MR) is 75.1 cm³/mol. The van der Waals surface area contributed by atoms with E-state index in [4.69, 9.17) is 0 Å². The molecular weight excluding hydrogens is 250 g/mol. The van der Waals surface area contributed by atoms with Crippen molar-refractivity contribution in [3.8, 4) is 0 Å². The zero-order valence-corrected chi connectivity index (χ0v) is 12.8. The van der Waals surface area contributed by atoms with Gasteiger partial charge in [0.25, 0.3) is 0 Å². The van der Waals surface area contributed by atoms with Crippen LogP contribution >= 0.6 is 0 Å². The maximum absolute atomic E-state index is 12.2. The molecule has 5 nitrogen and oxygen atoms in total. The lowest BCUT2D eigenvalue weighted by Gasteiger charge is -2.25. The highest BCUT2D eigenvalue weighted by Crippen LogP contribution is 2.12. The van der Waals surface area contributed by atoms with Crippen LogP contribution in [-0.4, -0.2) is 58.3 Å². The number of rotatable bonds is 7. The molecule has 0 bridgehead atoms. The maximum atomic E-state index is 12.2. The van der Waals surface area contributed by atoms with Crippen LogP contribution in [0.25, 0.3) is 0 Å². The number of hydrogen-bond acceptors (Lipinski definition) is 4. The van der Waals surface area contributed by atoms with Gasteiger partial charge in [-0.2, -0.15) is 0 Å². The van der Waals surface area contributed by atoms with Crippen molar-refractivity contribution in [3.05, 3.63) is 0 Å². The molecule has 1 fully saturated rings. The minimum atomic E-state index is -3.19. The summed E-state index contributed by atoms with van der Waals surface area (Å²) in [7, 11) is 0.752. The molecule has 0 radical (unpaired) electrons. The first-order valence-corrected chi connectivity index (χ1v) is 8.22. The quantitative estimate of drug-likeness (QED) is 0.700. The molecule has 0 amide bonds. The van der Waals surface area contributed by atoms with Crippen LogP contribution in [0.3, 0.4) is 0 Å². The summed E-state index contributed by atoms with van der Waals surface area (Å²) >= 11 is 0. The van der Waals surface area contributed by atoms with E-state index in [0.29, 0.717) is 18.9 Å². The van der Waals surface area contributed by atoms with Gasteiger partial charge in [0.05, 0.1) is 5.25 Å². The van der Waals surface area contributed by atoms with E-state index >= 15 is 0 Å². The van der Waals surface area contributed by atoms with Crippen molar-refractivity contribution >= 4 is 10.0 Å². The highest BCUT2D eigenvalue weighted by Gasteiger charge is 2.30. The summed E-state index contributed by atoms with van der Waals surface area (Å²) in [5.41, 5.74) is 0. The fourth-order valence-electron chi connectivity index (χ4n) is 2.39. The van der Waals surface area contributed by atoms with Crippen LogP contribution < -0.4 is 10.0 Å². The molecule has 1 aliphatic rings. The third-order valence-electron chi connectivity index (χ3n) is 3.13. The Bertz CT molecular complexity index is 325. The van der Waals surface area contributed by atoms with E-state index < -0.39 is 10.0 Å². The fraction of sp³-hybridized carbons (Fsp3) is 1.00. The molecule has 1 rings (SSSR count). The van der Waals surface area contributed by atoms with Crippen LogP contribution in [0.2, 0.25) is 0 Å². The summed E-state index contributed by atoms with van der Waals surface area (Å²) < 4.78 is 27.4. The summed E-state index contributed by atoms with van der Waals surface area (Å²) in [5.74, 6) is 0.486. The van der Waals surface area contributed by atoms with Gasteiger partial charge in [-0.3, -0.25) is 0 Å². The van der Waals surface area contributed by atoms with Gasteiger partial charge >= 0.3 is 0 Å². The molecule has 0 aromatic heterocycles. The molecule has 0 saturated carbocycles. The smallest absolute Gasteiger partial charge is 0.216 e. The molecule has 0 aromatic rings. The minimum Gasteiger partial charge on any atom is -0.315 e. The van der Waals surface area contributed by atoms with Crippen molar-refractivity contribution in [3.63, 3.8) is 0 Å². The Hall–Kier alpha value is -0.170. The molecule has 1 aliphatic heterocycles. The molecule has 0 aliphatic carbocycles. The van der Waals surface area contributed by atoms with Crippen LogP contribution in [0.5, 0.6) is 0 Å². The average molecular weight is 277 g/mol. The number of nitrogens with one attached hydrogen (secondary N) is 2. The molecule has 18 heavy (non-hydrogen) atoms. The number of hydrogen-bond donors (Lipinski definition) is 2. The normalized spacial score (nSPS) is 22.9. The van der Waals surface area contributed by atoms with Gasteiger partial charge in [-0.1, -0.05) is 13.8 Å². The lowest BCUT2D eigenvalue weighted by molar-refractivity contribution is 0.328. The van der Waals surface area contributed by atoms with E-state index in [1.54, 1.807) is 0 Å². The van der Waals surface area contributed by atoms with Crippen molar-refractivity contribution < 1.29 is 8.42 Å². The van der Waals surface area contributed by atoms with Gasteiger partial charge < -0.3 is 10.2 Å². The van der Waals surface area contributed by atoms with Crippen LogP contribution in [0.15, 0.2) is 0 Å². The first-order chi connectivity index (χ1) is 8.31. The standard InChI is InChI=1S/C12H27N3O2S/c1-10(2)7-11(9-15(3)4)14-18(16,17)12-5-6-13-8-12/h10-14H,5-9H2,1-4H3. The van der Waals surface area contributed by atoms with Gasteiger partial charge in [-0.15, -0.1) is 0 Å². The molecule has 108 valence electrons. The number of sulfonamides is 1. The van der Waals surface area contributed by atoms with E-state index in [1.807, 2.05) is 19.0 Å². The van der Waals surface area contributed by atoms with Crippen molar-refractivity contribution in [2.45, 2.75) is 38.0 Å². The van der Waals surface area contributed by atoms with E-state index in [0.717, 1.165) is 19.5 Å². The van der Waals surface area contributed by atoms with E-state index in [1.165, 1.54) is 0 Å². The molecule has 6 heteroatoms. The highest BCUT2D eigenvalue weighted by atomic mass is 32.2. The first-order valence-electron chi connectivity index (χ1n) is 6.68. The highest BCUT2D eigenvalue weighted by molar-refractivity contribution is 7.90. The molecule has 1 saturated heterocycles. The minimum absolute atomic E-state index is 0.00519. The zero-order valence-electron chi connectivity index (χ0n) is 11.9. The summed E-state index contributed by atoms with van der Waals surface area (Å²) in [6.45, 7) is 6.36. The Kier molecular flexibility index (Phi) is 6.04. The second-order valence-electron chi connectivity index (χ2n) is 5.87. The zero-order chi connectivity index (χ0) is 13.8. The fourth-order valence-corrected chi connectivity index (χ4v) is 3.98. The summed E-state index contributed by atoms with van der Waals surface area (Å²) in [5, 5.41) is 2.83. The van der Waals surface area contributed by atoms with Crippen LogP contribution in [0.4, 0.5) is 0 Å². The summed E-state index contributed by atoms with van der Waals surface area (Å²) in [4.78, 5) is 2.03. The largest absolute Gasteiger partial charge is 0.315 e. The van der Waals surface area contributed by atoms with E-state index in [2.05, 4.69) is 23.9 Å². The summed E-state index contributed by atoms with van der Waals surface area (Å²) in [6.07, 6.45) is 1.59. The van der Waals surface area contributed by atoms with Crippen molar-refractivity contribution in [1.82, 2.24) is 14.9 Å². The topological polar surface area (TPSA) is 61.4 Å². The third-order valence-corrected chi connectivity index (χ3v) is 5.07. The van der Waals surface area contributed by atoms with Gasteiger partial charge in [-0.05, 0) is 39.4 Å². The average Bonchev–Trinajstić information content (AvgIpc) is 2.66. The molecule has 0 spiro atoms. The van der Waals surface area contributed by atoms with Crippen LogP contribution in [0.1, 0.15) is 26.7 Å². The van der Waals surface area contributed by atoms with Gasteiger partial charge in [0, 0.05) is 19.1 Å². The Labute approximate surface area is 111 Å². The second-order valence-corrected chi connectivity index (χ2v) is 7.86. The molecule has 2 unspecified atom stereocenters. The molecular formula is C12H27N3O2S. The Morgan fingerprint density at radius 2 is 2.06 bits per heavy atom. The van der Waals surface area contributed by atoms with Gasteiger partial charge in [0.15, 0.2) is 0 Å².